The highest BCUT2D eigenvalue weighted by atomic mass is 32.1. The highest BCUT2D eigenvalue weighted by Gasteiger charge is 2.53. The van der Waals surface area contributed by atoms with Crippen molar-refractivity contribution in [2.45, 2.75) is 12.5 Å². The summed E-state index contributed by atoms with van der Waals surface area (Å²) in [5.74, 6) is 1.34. The molecule has 0 aromatic carbocycles. The van der Waals surface area contributed by atoms with Gasteiger partial charge in [-0.1, -0.05) is 11.2 Å². The van der Waals surface area contributed by atoms with Crippen molar-refractivity contribution < 1.29 is 9.32 Å². The van der Waals surface area contributed by atoms with Gasteiger partial charge in [-0.2, -0.15) is 4.98 Å². The van der Waals surface area contributed by atoms with Crippen LogP contribution in [0.25, 0.3) is 11.4 Å². The number of thiophene rings is 1. The minimum Gasteiger partial charge on any atom is -0.337 e. The van der Waals surface area contributed by atoms with Crippen molar-refractivity contribution in [3.63, 3.8) is 0 Å². The summed E-state index contributed by atoms with van der Waals surface area (Å²) < 4.78 is 5.56. The molecule has 2 aliphatic heterocycles. The molecule has 0 radical (unpaired) electrons. The van der Waals surface area contributed by atoms with Crippen molar-refractivity contribution in [2.24, 2.45) is 5.41 Å². The Morgan fingerprint density at radius 3 is 2.93 bits per heavy atom. The van der Waals surface area contributed by atoms with Crippen LogP contribution in [0.4, 0.5) is 0 Å². The lowest BCUT2D eigenvalue weighted by atomic mass is 9.77. The third-order valence-corrected chi connectivity index (χ3v) is 6.32. The largest absolute Gasteiger partial charge is 0.337 e. The van der Waals surface area contributed by atoms with Crippen molar-refractivity contribution in [1.82, 2.24) is 24.9 Å². The molecule has 0 N–H and O–H groups in total. The van der Waals surface area contributed by atoms with Gasteiger partial charge in [-0.3, -0.25) is 14.7 Å². The molecule has 5 rings (SSSR count). The number of pyridine rings is 1. The van der Waals surface area contributed by atoms with Crippen LogP contribution in [-0.2, 0) is 0 Å². The average Bonchev–Trinajstić information content (AvgIpc) is 3.40. The number of rotatable bonds is 3. The number of amides is 1. The second kappa shape index (κ2) is 6.24. The first-order valence-electron chi connectivity index (χ1n) is 8.91. The molecule has 2 aliphatic rings. The molecule has 0 aliphatic carbocycles. The van der Waals surface area contributed by atoms with Crippen molar-refractivity contribution in [2.75, 3.05) is 26.7 Å². The molecular formula is C19H19N5O2S. The van der Waals surface area contributed by atoms with E-state index in [2.05, 4.69) is 27.1 Å². The fourth-order valence-corrected chi connectivity index (χ4v) is 4.91. The number of hydrogen-bond acceptors (Lipinski definition) is 7. The Morgan fingerprint density at radius 2 is 2.19 bits per heavy atom. The lowest BCUT2D eigenvalue weighted by Crippen LogP contribution is -2.59. The lowest BCUT2D eigenvalue weighted by Gasteiger charge is -2.47. The van der Waals surface area contributed by atoms with E-state index in [1.54, 1.807) is 12.4 Å². The van der Waals surface area contributed by atoms with Crippen LogP contribution in [0.2, 0.25) is 0 Å². The zero-order chi connectivity index (χ0) is 18.4. The second-order valence-corrected chi connectivity index (χ2v) is 8.42. The van der Waals surface area contributed by atoms with Crippen LogP contribution in [0.5, 0.6) is 0 Å². The molecule has 0 saturated carbocycles. The van der Waals surface area contributed by atoms with Crippen molar-refractivity contribution in [3.8, 4) is 11.4 Å². The molecule has 27 heavy (non-hydrogen) atoms. The zero-order valence-corrected chi connectivity index (χ0v) is 15.7. The third-order valence-electron chi connectivity index (χ3n) is 5.46. The second-order valence-electron chi connectivity index (χ2n) is 7.47. The molecule has 1 unspecified atom stereocenters. The summed E-state index contributed by atoms with van der Waals surface area (Å²) in [6.45, 7) is 2.50. The van der Waals surface area contributed by atoms with E-state index in [4.69, 9.17) is 4.52 Å². The van der Waals surface area contributed by atoms with Gasteiger partial charge in [0.15, 0.2) is 0 Å². The van der Waals surface area contributed by atoms with Crippen LogP contribution in [0.1, 0.15) is 28.0 Å². The maximum Gasteiger partial charge on any atom is 0.263 e. The van der Waals surface area contributed by atoms with Gasteiger partial charge < -0.3 is 9.42 Å². The summed E-state index contributed by atoms with van der Waals surface area (Å²) in [7, 11) is 2.08. The average molecular weight is 381 g/mol. The first kappa shape index (κ1) is 16.6. The zero-order valence-electron chi connectivity index (χ0n) is 14.9. The van der Waals surface area contributed by atoms with Gasteiger partial charge in [0.05, 0.1) is 10.9 Å². The van der Waals surface area contributed by atoms with Gasteiger partial charge in [0.1, 0.15) is 0 Å². The predicted octanol–water partition coefficient (Wildman–Crippen LogP) is 2.71. The van der Waals surface area contributed by atoms with Crippen LogP contribution < -0.4 is 0 Å². The molecule has 2 saturated heterocycles. The fourth-order valence-electron chi connectivity index (χ4n) is 4.22. The molecule has 1 atom stereocenters. The highest BCUT2D eigenvalue weighted by molar-refractivity contribution is 7.12. The summed E-state index contributed by atoms with van der Waals surface area (Å²) in [4.78, 5) is 26.2. The first-order chi connectivity index (χ1) is 13.1. The number of aromatic nitrogens is 3. The van der Waals surface area contributed by atoms with Crippen molar-refractivity contribution in [3.05, 3.63) is 52.8 Å². The number of carbonyl (C=O) groups excluding carboxylic acids is 1. The van der Waals surface area contributed by atoms with E-state index >= 15 is 0 Å². The summed E-state index contributed by atoms with van der Waals surface area (Å²) >= 11 is 1.50. The minimum absolute atomic E-state index is 0.0851. The normalized spacial score (nSPS) is 21.5. The van der Waals surface area contributed by atoms with E-state index in [0.29, 0.717) is 11.7 Å². The Morgan fingerprint density at radius 1 is 1.30 bits per heavy atom. The summed E-state index contributed by atoms with van der Waals surface area (Å²) in [5, 5.41) is 6.06. The van der Waals surface area contributed by atoms with Gasteiger partial charge in [-0.15, -0.1) is 11.3 Å². The summed E-state index contributed by atoms with van der Waals surface area (Å²) in [6.07, 6.45) is 4.37. The monoisotopic (exact) mass is 381 g/mol. The topological polar surface area (TPSA) is 75.4 Å². The van der Waals surface area contributed by atoms with Crippen molar-refractivity contribution >= 4 is 17.2 Å². The maximum absolute atomic E-state index is 12.5. The Kier molecular flexibility index (Phi) is 3.84. The number of likely N-dealkylation sites (tertiary alicyclic amines) is 2. The van der Waals surface area contributed by atoms with E-state index in [1.807, 2.05) is 34.5 Å². The van der Waals surface area contributed by atoms with Crippen LogP contribution in [0, 0.1) is 5.41 Å². The van der Waals surface area contributed by atoms with Gasteiger partial charge in [0.2, 0.25) is 11.7 Å². The Labute approximate surface area is 160 Å². The molecule has 3 aromatic heterocycles. The molecular weight excluding hydrogens is 362 g/mol. The number of nitrogens with zero attached hydrogens (tertiary/aromatic N) is 5. The Bertz CT molecular complexity index is 950. The Hall–Kier alpha value is -2.58. The quantitative estimate of drug-likeness (QED) is 0.694. The van der Waals surface area contributed by atoms with Gasteiger partial charge in [-0.05, 0) is 37.0 Å². The highest BCUT2D eigenvalue weighted by Crippen LogP contribution is 2.47. The smallest absolute Gasteiger partial charge is 0.263 e. The first-order valence-corrected chi connectivity index (χ1v) is 9.79. The van der Waals surface area contributed by atoms with E-state index < -0.39 is 0 Å². The van der Waals surface area contributed by atoms with E-state index in [1.165, 1.54) is 11.3 Å². The van der Waals surface area contributed by atoms with Gasteiger partial charge in [0.25, 0.3) is 5.91 Å². The molecule has 1 spiro atoms. The molecule has 7 nitrogen and oxygen atoms in total. The standard InChI is InChI=1S/C19H19N5O2S/c1-23-10-19(11-24(12-19)18(25)15-5-3-7-27-15)8-14(23)17-21-16(22-26-17)13-4-2-6-20-9-13/h2-7,9,14H,8,10-12H2,1H3. The maximum atomic E-state index is 12.5. The fraction of sp³-hybridized carbons (Fsp3) is 0.368. The molecule has 2 fully saturated rings. The molecule has 5 heterocycles. The van der Waals surface area contributed by atoms with Crippen LogP contribution in [0.15, 0.2) is 46.6 Å². The molecule has 138 valence electrons. The summed E-state index contributed by atoms with van der Waals surface area (Å²) in [6, 6.07) is 7.67. The Balaban J connectivity index is 1.29. The summed E-state index contributed by atoms with van der Waals surface area (Å²) in [5.41, 5.74) is 0.967. The third kappa shape index (κ3) is 2.85. The van der Waals surface area contributed by atoms with Gasteiger partial charge >= 0.3 is 0 Å². The van der Waals surface area contributed by atoms with E-state index in [-0.39, 0.29) is 17.4 Å². The molecule has 0 bridgehead atoms. The van der Waals surface area contributed by atoms with Crippen LogP contribution in [0.3, 0.4) is 0 Å². The minimum atomic E-state index is 0.0851. The van der Waals surface area contributed by atoms with Gasteiger partial charge in [-0.25, -0.2) is 0 Å². The van der Waals surface area contributed by atoms with Gasteiger partial charge in [0, 0.05) is 43.0 Å². The molecule has 8 heteroatoms. The van der Waals surface area contributed by atoms with Crippen LogP contribution >= 0.6 is 11.3 Å². The number of hydrogen-bond donors (Lipinski definition) is 0. The van der Waals surface area contributed by atoms with Crippen molar-refractivity contribution in [1.29, 1.82) is 0 Å². The van der Waals surface area contributed by atoms with Crippen LogP contribution in [-0.4, -0.2) is 57.5 Å². The van der Waals surface area contributed by atoms with E-state index in [9.17, 15) is 4.79 Å². The lowest BCUT2D eigenvalue weighted by molar-refractivity contribution is 0.0119. The predicted molar refractivity (Wildman–Crippen MR) is 100 cm³/mol. The molecule has 1 amide bonds. The SMILES string of the molecule is CN1CC2(CC1c1nc(-c3cccnc3)no1)CN(C(=O)c1cccs1)C2. The van der Waals surface area contributed by atoms with E-state index in [0.717, 1.165) is 36.5 Å². The number of carbonyl (C=O) groups is 1. The molecule has 3 aromatic rings.